The van der Waals surface area contributed by atoms with E-state index in [1.54, 1.807) is 25.3 Å². The number of hydrogen-bond acceptors (Lipinski definition) is 6. The highest BCUT2D eigenvalue weighted by Gasteiger charge is 2.15. The van der Waals surface area contributed by atoms with Crippen LogP contribution in [0.3, 0.4) is 0 Å². The minimum atomic E-state index is -0.899. The summed E-state index contributed by atoms with van der Waals surface area (Å²) >= 11 is 2.49. The molecule has 0 aliphatic rings. The van der Waals surface area contributed by atoms with E-state index < -0.39 is 11.9 Å². The maximum absolute atomic E-state index is 11.3. The van der Waals surface area contributed by atoms with E-state index in [4.69, 9.17) is 10.8 Å². The van der Waals surface area contributed by atoms with Gasteiger partial charge in [0.15, 0.2) is 4.34 Å². The molecule has 1 amide bonds. The summed E-state index contributed by atoms with van der Waals surface area (Å²) < 4.78 is 0.639. The maximum atomic E-state index is 11.3. The van der Waals surface area contributed by atoms with E-state index in [1.165, 1.54) is 23.1 Å². The molecule has 0 aromatic carbocycles. The van der Waals surface area contributed by atoms with Crippen LogP contribution in [0.2, 0.25) is 0 Å². The number of nitrogens with zero attached hydrogens (tertiary/aromatic N) is 2. The van der Waals surface area contributed by atoms with E-state index in [9.17, 15) is 9.59 Å². The van der Waals surface area contributed by atoms with Crippen molar-refractivity contribution in [3.63, 3.8) is 0 Å². The van der Waals surface area contributed by atoms with Crippen LogP contribution < -0.4 is 5.73 Å². The lowest BCUT2D eigenvalue weighted by atomic mass is 10.3. The lowest BCUT2D eigenvalue weighted by Gasteiger charge is -2.01. The number of pyridine rings is 1. The standard InChI is InChI=1S/C12H11N3O3S2/c1-6-8(5-9(16)17)19-12(15-6)20-11-7(10(13)18)3-2-4-14-11/h2-4H,5H2,1H3,(H2,13,18)(H,16,17). The van der Waals surface area contributed by atoms with Crippen LogP contribution in [-0.2, 0) is 11.2 Å². The largest absolute Gasteiger partial charge is 0.481 e. The Hall–Kier alpha value is -1.93. The number of carbonyl (C=O) groups excluding carboxylic acids is 1. The number of rotatable bonds is 5. The van der Waals surface area contributed by atoms with Crippen LogP contribution in [0.25, 0.3) is 0 Å². The third kappa shape index (κ3) is 3.34. The summed E-state index contributed by atoms with van der Waals surface area (Å²) in [5.41, 5.74) is 6.28. The molecule has 2 heterocycles. The lowest BCUT2D eigenvalue weighted by Crippen LogP contribution is -2.12. The summed E-state index contributed by atoms with van der Waals surface area (Å²) in [6.07, 6.45) is 1.50. The van der Waals surface area contributed by atoms with Gasteiger partial charge in [0.25, 0.3) is 5.91 Å². The van der Waals surface area contributed by atoms with Crippen LogP contribution in [0.4, 0.5) is 0 Å². The van der Waals surface area contributed by atoms with Gasteiger partial charge in [-0.25, -0.2) is 9.97 Å². The van der Waals surface area contributed by atoms with E-state index >= 15 is 0 Å². The molecule has 0 aliphatic carbocycles. The molecule has 0 bridgehead atoms. The molecule has 0 saturated heterocycles. The number of aryl methyl sites for hydroxylation is 1. The van der Waals surface area contributed by atoms with E-state index in [1.807, 2.05) is 0 Å². The Bertz CT molecular complexity index is 670. The van der Waals surface area contributed by atoms with Crippen molar-refractivity contribution in [3.8, 4) is 0 Å². The van der Waals surface area contributed by atoms with Crippen molar-refractivity contribution in [1.82, 2.24) is 9.97 Å². The van der Waals surface area contributed by atoms with Gasteiger partial charge in [0.05, 0.1) is 17.7 Å². The Labute approximate surface area is 123 Å². The average molecular weight is 309 g/mol. The zero-order valence-electron chi connectivity index (χ0n) is 10.5. The molecule has 104 valence electrons. The van der Waals surface area contributed by atoms with Gasteiger partial charge in [-0.2, -0.15) is 0 Å². The molecule has 0 radical (unpaired) electrons. The van der Waals surface area contributed by atoms with Crippen LogP contribution >= 0.6 is 23.1 Å². The number of aromatic nitrogens is 2. The molecule has 2 rings (SSSR count). The van der Waals surface area contributed by atoms with Gasteiger partial charge in [0, 0.05) is 11.1 Å². The third-order valence-electron chi connectivity index (χ3n) is 2.41. The third-order valence-corrected chi connectivity index (χ3v) is 4.64. The molecule has 0 atom stereocenters. The average Bonchev–Trinajstić information content (AvgIpc) is 2.69. The first-order valence-electron chi connectivity index (χ1n) is 5.58. The normalized spacial score (nSPS) is 10.4. The van der Waals surface area contributed by atoms with E-state index in [0.717, 1.165) is 0 Å². The number of primary amides is 1. The highest BCUT2D eigenvalue weighted by atomic mass is 32.2. The molecule has 0 fully saturated rings. The Balaban J connectivity index is 2.27. The van der Waals surface area contributed by atoms with Crippen LogP contribution in [0, 0.1) is 6.92 Å². The van der Waals surface area contributed by atoms with Crippen molar-refractivity contribution in [1.29, 1.82) is 0 Å². The molecule has 2 aromatic heterocycles. The van der Waals surface area contributed by atoms with Gasteiger partial charge < -0.3 is 10.8 Å². The van der Waals surface area contributed by atoms with Crippen molar-refractivity contribution >= 4 is 35.0 Å². The molecule has 20 heavy (non-hydrogen) atoms. The minimum Gasteiger partial charge on any atom is -0.481 e. The minimum absolute atomic E-state index is 0.0606. The highest BCUT2D eigenvalue weighted by Crippen LogP contribution is 2.33. The number of carboxylic acids is 1. The first-order chi connectivity index (χ1) is 9.47. The zero-order valence-corrected chi connectivity index (χ0v) is 12.1. The summed E-state index contributed by atoms with van der Waals surface area (Å²) in [5.74, 6) is -1.46. The molecule has 0 spiro atoms. The van der Waals surface area contributed by atoms with Gasteiger partial charge in [-0.3, -0.25) is 9.59 Å². The summed E-state index contributed by atoms with van der Waals surface area (Å²) in [7, 11) is 0. The SMILES string of the molecule is Cc1nc(Sc2ncccc2C(N)=O)sc1CC(=O)O. The molecule has 6 nitrogen and oxygen atoms in total. The predicted octanol–water partition coefficient (Wildman–Crippen LogP) is 1.72. The fourth-order valence-electron chi connectivity index (χ4n) is 1.49. The summed E-state index contributed by atoms with van der Waals surface area (Å²) in [4.78, 5) is 31.1. The molecular formula is C12H11N3O3S2. The van der Waals surface area contributed by atoms with Gasteiger partial charge in [-0.15, -0.1) is 11.3 Å². The van der Waals surface area contributed by atoms with Crippen molar-refractivity contribution in [2.24, 2.45) is 5.73 Å². The smallest absolute Gasteiger partial charge is 0.308 e. The van der Waals surface area contributed by atoms with Crippen molar-refractivity contribution in [2.75, 3.05) is 0 Å². The number of carboxylic acid groups (broad SMARTS) is 1. The predicted molar refractivity (Wildman–Crippen MR) is 75.1 cm³/mol. The molecule has 2 aromatic rings. The second-order valence-corrected chi connectivity index (χ2v) is 6.20. The number of thiazole rings is 1. The van der Waals surface area contributed by atoms with Crippen LogP contribution in [-0.4, -0.2) is 27.0 Å². The fraction of sp³-hybridized carbons (Fsp3) is 0.167. The van der Waals surface area contributed by atoms with Crippen molar-refractivity contribution < 1.29 is 14.7 Å². The van der Waals surface area contributed by atoms with Crippen molar-refractivity contribution in [3.05, 3.63) is 34.5 Å². The van der Waals surface area contributed by atoms with Crippen LogP contribution in [0.15, 0.2) is 27.7 Å². The van der Waals surface area contributed by atoms with Crippen LogP contribution in [0.1, 0.15) is 20.9 Å². The van der Waals surface area contributed by atoms with Gasteiger partial charge in [0.2, 0.25) is 0 Å². The second-order valence-electron chi connectivity index (χ2n) is 3.88. The number of carbonyl (C=O) groups is 2. The summed E-state index contributed by atoms with van der Waals surface area (Å²) in [5, 5.41) is 9.27. The van der Waals surface area contributed by atoms with Crippen LogP contribution in [0.5, 0.6) is 0 Å². The molecular weight excluding hydrogens is 298 g/mol. The summed E-state index contributed by atoms with van der Waals surface area (Å²) in [6, 6.07) is 3.23. The van der Waals surface area contributed by atoms with Gasteiger partial charge in [-0.05, 0) is 30.8 Å². The van der Waals surface area contributed by atoms with Crippen molar-refractivity contribution in [2.45, 2.75) is 22.7 Å². The number of amides is 1. The molecule has 0 saturated carbocycles. The first kappa shape index (κ1) is 14.5. The highest BCUT2D eigenvalue weighted by molar-refractivity contribution is 8.01. The maximum Gasteiger partial charge on any atom is 0.308 e. The van der Waals surface area contributed by atoms with E-state index in [0.29, 0.717) is 25.5 Å². The molecule has 3 N–H and O–H groups in total. The first-order valence-corrected chi connectivity index (χ1v) is 7.21. The van der Waals surface area contributed by atoms with Gasteiger partial charge >= 0.3 is 5.97 Å². The number of nitrogens with two attached hydrogens (primary N) is 1. The topological polar surface area (TPSA) is 106 Å². The molecule has 0 aliphatic heterocycles. The Morgan fingerprint density at radius 2 is 2.25 bits per heavy atom. The lowest BCUT2D eigenvalue weighted by molar-refractivity contribution is -0.136. The monoisotopic (exact) mass is 309 g/mol. The summed E-state index contributed by atoms with van der Waals surface area (Å²) in [6.45, 7) is 1.76. The molecule has 0 unspecified atom stereocenters. The van der Waals surface area contributed by atoms with E-state index in [-0.39, 0.29) is 6.42 Å². The van der Waals surface area contributed by atoms with E-state index in [2.05, 4.69) is 9.97 Å². The Morgan fingerprint density at radius 3 is 2.90 bits per heavy atom. The number of aliphatic carboxylic acids is 1. The quantitative estimate of drug-likeness (QED) is 0.871. The Kier molecular flexibility index (Phi) is 4.35. The Morgan fingerprint density at radius 1 is 1.50 bits per heavy atom. The fourth-order valence-corrected chi connectivity index (χ4v) is 3.72. The zero-order chi connectivity index (χ0) is 14.7. The molecule has 8 heteroatoms. The second kappa shape index (κ2) is 6.02. The van der Waals surface area contributed by atoms with Gasteiger partial charge in [-0.1, -0.05) is 0 Å². The van der Waals surface area contributed by atoms with Gasteiger partial charge in [0.1, 0.15) is 5.03 Å². The number of hydrogen-bond donors (Lipinski definition) is 2.